The average molecular weight is 230 g/mol. The van der Waals surface area contributed by atoms with Crippen LogP contribution in [0.3, 0.4) is 0 Å². The number of aryl methyl sites for hydroxylation is 1. The second-order valence-corrected chi connectivity index (χ2v) is 3.79. The predicted molar refractivity (Wildman–Crippen MR) is 65.5 cm³/mol. The molecular formula is C13H14N2O2. The summed E-state index contributed by atoms with van der Waals surface area (Å²) in [6.07, 6.45) is 0. The first-order chi connectivity index (χ1) is 8.16. The van der Waals surface area contributed by atoms with Crippen LogP contribution in [0, 0.1) is 6.92 Å². The highest BCUT2D eigenvalue weighted by Gasteiger charge is 2.09. The summed E-state index contributed by atoms with van der Waals surface area (Å²) in [7, 11) is 0. The summed E-state index contributed by atoms with van der Waals surface area (Å²) in [5.41, 5.74) is 7.34. The van der Waals surface area contributed by atoms with Crippen molar-refractivity contribution in [1.29, 1.82) is 0 Å². The molecule has 1 aromatic heterocycles. The molecule has 0 radical (unpaired) electrons. The molecule has 0 bridgehead atoms. The van der Waals surface area contributed by atoms with Gasteiger partial charge in [0.15, 0.2) is 5.76 Å². The minimum absolute atomic E-state index is 0.235. The van der Waals surface area contributed by atoms with E-state index in [1.807, 2.05) is 18.2 Å². The van der Waals surface area contributed by atoms with Crippen LogP contribution < -0.4 is 11.1 Å². The summed E-state index contributed by atoms with van der Waals surface area (Å²) in [4.78, 5) is 11.7. The molecule has 1 heterocycles. The smallest absolute Gasteiger partial charge is 0.287 e. The van der Waals surface area contributed by atoms with Crippen LogP contribution in [0.5, 0.6) is 0 Å². The SMILES string of the molecule is Cc1ccc(C(=O)NCc2ccccc2N)o1. The van der Waals surface area contributed by atoms with E-state index in [1.165, 1.54) is 0 Å². The molecule has 0 fully saturated rings. The van der Waals surface area contributed by atoms with Gasteiger partial charge in [0.1, 0.15) is 5.76 Å². The quantitative estimate of drug-likeness (QED) is 0.793. The van der Waals surface area contributed by atoms with Crippen molar-refractivity contribution in [3.05, 3.63) is 53.5 Å². The Balaban J connectivity index is 1.99. The number of rotatable bonds is 3. The summed E-state index contributed by atoms with van der Waals surface area (Å²) in [5, 5.41) is 2.76. The van der Waals surface area contributed by atoms with E-state index >= 15 is 0 Å². The number of carbonyl (C=O) groups is 1. The predicted octanol–water partition coefficient (Wildman–Crippen LogP) is 2.10. The van der Waals surface area contributed by atoms with Crippen molar-refractivity contribution in [2.75, 3.05) is 5.73 Å². The monoisotopic (exact) mass is 230 g/mol. The molecule has 0 unspecified atom stereocenters. The average Bonchev–Trinajstić information content (AvgIpc) is 2.74. The van der Waals surface area contributed by atoms with E-state index in [9.17, 15) is 4.79 Å². The van der Waals surface area contributed by atoms with Crippen molar-refractivity contribution < 1.29 is 9.21 Å². The van der Waals surface area contributed by atoms with Crippen molar-refractivity contribution >= 4 is 11.6 Å². The molecule has 0 saturated heterocycles. The number of hydrogen-bond donors (Lipinski definition) is 2. The lowest BCUT2D eigenvalue weighted by Crippen LogP contribution is -2.22. The van der Waals surface area contributed by atoms with Crippen molar-refractivity contribution in [3.63, 3.8) is 0 Å². The minimum atomic E-state index is -0.235. The Morgan fingerprint density at radius 3 is 2.71 bits per heavy atom. The van der Waals surface area contributed by atoms with E-state index in [-0.39, 0.29) is 5.91 Å². The first-order valence-corrected chi connectivity index (χ1v) is 5.35. The standard InChI is InChI=1S/C13H14N2O2/c1-9-6-7-12(17-9)13(16)15-8-10-4-2-3-5-11(10)14/h2-7H,8,14H2,1H3,(H,15,16). The van der Waals surface area contributed by atoms with Gasteiger partial charge in [0.25, 0.3) is 5.91 Å². The number of anilines is 1. The number of nitrogens with one attached hydrogen (secondary N) is 1. The van der Waals surface area contributed by atoms with Gasteiger partial charge in [-0.1, -0.05) is 18.2 Å². The van der Waals surface area contributed by atoms with Crippen LogP contribution in [-0.2, 0) is 6.54 Å². The van der Waals surface area contributed by atoms with Crippen LogP contribution in [0.25, 0.3) is 0 Å². The third-order valence-corrected chi connectivity index (χ3v) is 2.46. The number of para-hydroxylation sites is 1. The van der Waals surface area contributed by atoms with Gasteiger partial charge in [-0.05, 0) is 30.7 Å². The van der Waals surface area contributed by atoms with Crippen molar-refractivity contribution in [3.8, 4) is 0 Å². The molecule has 2 rings (SSSR count). The third-order valence-electron chi connectivity index (χ3n) is 2.46. The topological polar surface area (TPSA) is 68.3 Å². The molecule has 4 nitrogen and oxygen atoms in total. The fourth-order valence-electron chi connectivity index (χ4n) is 1.51. The normalized spacial score (nSPS) is 10.2. The van der Waals surface area contributed by atoms with E-state index in [1.54, 1.807) is 25.1 Å². The molecule has 88 valence electrons. The second-order valence-electron chi connectivity index (χ2n) is 3.79. The van der Waals surface area contributed by atoms with Crippen LogP contribution in [0.1, 0.15) is 21.9 Å². The van der Waals surface area contributed by atoms with Gasteiger partial charge in [0, 0.05) is 12.2 Å². The highest BCUT2D eigenvalue weighted by atomic mass is 16.3. The Hall–Kier alpha value is -2.23. The van der Waals surface area contributed by atoms with E-state index < -0.39 is 0 Å². The summed E-state index contributed by atoms with van der Waals surface area (Å²) in [5.74, 6) is 0.799. The lowest BCUT2D eigenvalue weighted by Gasteiger charge is -2.06. The fourth-order valence-corrected chi connectivity index (χ4v) is 1.51. The molecule has 0 atom stereocenters. The van der Waals surface area contributed by atoms with Crippen LogP contribution in [-0.4, -0.2) is 5.91 Å². The number of hydrogen-bond acceptors (Lipinski definition) is 3. The van der Waals surface area contributed by atoms with E-state index in [0.29, 0.717) is 18.0 Å². The highest BCUT2D eigenvalue weighted by molar-refractivity contribution is 5.91. The summed E-state index contributed by atoms with van der Waals surface area (Å²) in [6, 6.07) is 10.8. The lowest BCUT2D eigenvalue weighted by atomic mass is 10.2. The largest absolute Gasteiger partial charge is 0.456 e. The van der Waals surface area contributed by atoms with Crippen LogP contribution >= 0.6 is 0 Å². The molecule has 17 heavy (non-hydrogen) atoms. The highest BCUT2D eigenvalue weighted by Crippen LogP contribution is 2.11. The Morgan fingerprint density at radius 1 is 1.29 bits per heavy atom. The molecule has 2 aromatic rings. The third kappa shape index (κ3) is 2.66. The van der Waals surface area contributed by atoms with E-state index in [4.69, 9.17) is 10.2 Å². The Bertz CT molecular complexity index is 532. The van der Waals surface area contributed by atoms with Gasteiger partial charge in [-0.3, -0.25) is 4.79 Å². The van der Waals surface area contributed by atoms with Crippen molar-refractivity contribution in [2.24, 2.45) is 0 Å². The molecule has 0 saturated carbocycles. The second kappa shape index (κ2) is 4.74. The van der Waals surface area contributed by atoms with Gasteiger partial charge in [-0.2, -0.15) is 0 Å². The van der Waals surface area contributed by atoms with E-state index in [0.717, 1.165) is 11.3 Å². The Labute approximate surface area is 99.4 Å². The lowest BCUT2D eigenvalue weighted by molar-refractivity contribution is 0.0922. The van der Waals surface area contributed by atoms with Crippen LogP contribution in [0.15, 0.2) is 40.8 Å². The first kappa shape index (κ1) is 11.3. The van der Waals surface area contributed by atoms with Gasteiger partial charge < -0.3 is 15.5 Å². The summed E-state index contributed by atoms with van der Waals surface area (Å²) >= 11 is 0. The molecular weight excluding hydrogens is 216 g/mol. The zero-order valence-corrected chi connectivity index (χ0v) is 9.57. The molecule has 3 N–H and O–H groups in total. The fraction of sp³-hybridized carbons (Fsp3) is 0.154. The first-order valence-electron chi connectivity index (χ1n) is 5.35. The van der Waals surface area contributed by atoms with Gasteiger partial charge in [-0.25, -0.2) is 0 Å². The molecule has 4 heteroatoms. The summed E-state index contributed by atoms with van der Waals surface area (Å²) < 4.78 is 5.22. The molecule has 1 aromatic carbocycles. The minimum Gasteiger partial charge on any atom is -0.456 e. The van der Waals surface area contributed by atoms with Gasteiger partial charge in [0.05, 0.1) is 0 Å². The van der Waals surface area contributed by atoms with Gasteiger partial charge in [-0.15, -0.1) is 0 Å². The molecule has 0 aliphatic carbocycles. The molecule has 0 spiro atoms. The maximum Gasteiger partial charge on any atom is 0.287 e. The number of carbonyl (C=O) groups excluding carboxylic acids is 1. The van der Waals surface area contributed by atoms with E-state index in [2.05, 4.69) is 5.32 Å². The maximum absolute atomic E-state index is 11.7. The molecule has 0 aliphatic rings. The number of nitrogen functional groups attached to an aromatic ring is 1. The van der Waals surface area contributed by atoms with Gasteiger partial charge >= 0.3 is 0 Å². The zero-order chi connectivity index (χ0) is 12.3. The van der Waals surface area contributed by atoms with Gasteiger partial charge in [0.2, 0.25) is 0 Å². The summed E-state index contributed by atoms with van der Waals surface area (Å²) in [6.45, 7) is 2.19. The van der Waals surface area contributed by atoms with Crippen LogP contribution in [0.2, 0.25) is 0 Å². The molecule has 1 amide bonds. The number of furan rings is 1. The van der Waals surface area contributed by atoms with Crippen LogP contribution in [0.4, 0.5) is 5.69 Å². The van der Waals surface area contributed by atoms with Crippen molar-refractivity contribution in [1.82, 2.24) is 5.32 Å². The zero-order valence-electron chi connectivity index (χ0n) is 9.57. The molecule has 0 aliphatic heterocycles. The maximum atomic E-state index is 11.7. The number of nitrogens with two attached hydrogens (primary N) is 1. The Kier molecular flexibility index (Phi) is 3.14. The van der Waals surface area contributed by atoms with Crippen molar-refractivity contribution in [2.45, 2.75) is 13.5 Å². The number of benzene rings is 1. The Morgan fingerprint density at radius 2 is 2.06 bits per heavy atom. The number of amides is 1.